The van der Waals surface area contributed by atoms with E-state index in [4.69, 9.17) is 4.74 Å². The van der Waals surface area contributed by atoms with Crippen LogP contribution in [0.3, 0.4) is 0 Å². The maximum atomic E-state index is 5.96. The molecule has 4 saturated carbocycles. The molecule has 4 bridgehead atoms. The first kappa shape index (κ1) is 12.0. The quantitative estimate of drug-likeness (QED) is 0.831. The fraction of sp³-hybridized carbons (Fsp3) is 0.812. The van der Waals surface area contributed by atoms with Gasteiger partial charge in [0.1, 0.15) is 0 Å². The van der Waals surface area contributed by atoms with Crippen LogP contribution in [0, 0.1) is 23.2 Å². The molecule has 0 spiro atoms. The van der Waals surface area contributed by atoms with Crippen molar-refractivity contribution in [3.8, 4) is 0 Å². The molecule has 0 amide bonds. The third kappa shape index (κ3) is 1.94. The van der Waals surface area contributed by atoms with Crippen LogP contribution in [0.1, 0.15) is 38.5 Å². The first-order valence-corrected chi connectivity index (χ1v) is 7.76. The van der Waals surface area contributed by atoms with Gasteiger partial charge in [0.2, 0.25) is 0 Å². The second-order valence-corrected chi connectivity index (χ2v) is 7.26. The zero-order chi connectivity index (χ0) is 12.9. The molecule has 1 aromatic rings. The molecule has 0 aromatic carbocycles. The summed E-state index contributed by atoms with van der Waals surface area (Å²) in [6.45, 7) is 0.975. The third-order valence-corrected chi connectivity index (χ3v) is 5.99. The van der Waals surface area contributed by atoms with Crippen LogP contribution in [0.25, 0.3) is 0 Å². The fourth-order valence-corrected chi connectivity index (χ4v) is 5.68. The molecule has 0 N–H and O–H groups in total. The molecule has 3 heteroatoms. The lowest BCUT2D eigenvalue weighted by atomic mass is 9.48. The summed E-state index contributed by atoms with van der Waals surface area (Å²) in [5.74, 6) is 2.98. The van der Waals surface area contributed by atoms with Gasteiger partial charge >= 0.3 is 0 Å². The van der Waals surface area contributed by atoms with Crippen molar-refractivity contribution >= 4 is 0 Å². The lowest BCUT2D eigenvalue weighted by Gasteiger charge is -2.59. The molecule has 3 nitrogen and oxygen atoms in total. The summed E-state index contributed by atoms with van der Waals surface area (Å²) in [5.41, 5.74) is 0.466. The van der Waals surface area contributed by atoms with Crippen LogP contribution in [0.15, 0.2) is 18.7 Å². The maximum Gasteiger partial charge on any atom is 0.0946 e. The Morgan fingerprint density at radius 1 is 1.21 bits per heavy atom. The summed E-state index contributed by atoms with van der Waals surface area (Å²) in [6.07, 6.45) is 15.0. The number of hydrogen-bond donors (Lipinski definition) is 0. The zero-order valence-electron chi connectivity index (χ0n) is 11.8. The van der Waals surface area contributed by atoms with Gasteiger partial charge in [-0.3, -0.25) is 0 Å². The molecular formula is C16H24N2O. The SMILES string of the molecule is COC(Cn1ccnc1)C12CC3CC(CC(C3)C1)C2. The van der Waals surface area contributed by atoms with Gasteiger partial charge in [-0.25, -0.2) is 4.98 Å². The molecule has 1 atom stereocenters. The van der Waals surface area contributed by atoms with E-state index in [1.807, 2.05) is 19.6 Å². The van der Waals surface area contributed by atoms with Crippen molar-refractivity contribution in [2.45, 2.75) is 51.2 Å². The first-order valence-electron chi connectivity index (χ1n) is 7.76. The standard InChI is InChI=1S/C16H24N2O/c1-19-15(10-18-3-2-17-11-18)16-7-12-4-13(8-16)6-14(5-12)9-16/h2-3,11-15H,4-10H2,1H3. The van der Waals surface area contributed by atoms with E-state index < -0.39 is 0 Å². The summed E-state index contributed by atoms with van der Waals surface area (Å²) in [5, 5.41) is 0. The van der Waals surface area contributed by atoms with Gasteiger partial charge in [-0.15, -0.1) is 0 Å². The average molecular weight is 260 g/mol. The predicted octanol–water partition coefficient (Wildman–Crippen LogP) is 3.11. The lowest BCUT2D eigenvalue weighted by molar-refractivity contribution is -0.136. The number of nitrogens with zero attached hydrogens (tertiary/aromatic N) is 2. The van der Waals surface area contributed by atoms with Crippen LogP contribution in [0.2, 0.25) is 0 Å². The molecule has 4 aliphatic carbocycles. The molecule has 0 saturated heterocycles. The Balaban J connectivity index is 1.58. The van der Waals surface area contributed by atoms with Crippen molar-refractivity contribution in [3.63, 3.8) is 0 Å². The molecule has 4 aliphatic rings. The Kier molecular flexibility index (Phi) is 2.73. The molecule has 1 heterocycles. The van der Waals surface area contributed by atoms with Crippen molar-refractivity contribution < 1.29 is 4.74 Å². The molecule has 0 radical (unpaired) electrons. The Morgan fingerprint density at radius 2 is 1.84 bits per heavy atom. The van der Waals surface area contributed by atoms with E-state index in [9.17, 15) is 0 Å². The number of rotatable bonds is 4. The summed E-state index contributed by atoms with van der Waals surface area (Å²) < 4.78 is 8.15. The van der Waals surface area contributed by atoms with Gasteiger partial charge in [0.05, 0.1) is 19.0 Å². The van der Waals surface area contributed by atoms with E-state index in [1.165, 1.54) is 38.5 Å². The molecule has 5 rings (SSSR count). The van der Waals surface area contributed by atoms with Gasteiger partial charge < -0.3 is 9.30 Å². The Labute approximate surface area is 115 Å². The van der Waals surface area contributed by atoms with E-state index >= 15 is 0 Å². The van der Waals surface area contributed by atoms with Crippen LogP contribution in [0.5, 0.6) is 0 Å². The summed E-state index contributed by atoms with van der Waals surface area (Å²) >= 11 is 0. The molecular weight excluding hydrogens is 236 g/mol. The minimum Gasteiger partial charge on any atom is -0.379 e. The summed E-state index contributed by atoms with van der Waals surface area (Å²) in [6, 6.07) is 0. The van der Waals surface area contributed by atoms with E-state index in [-0.39, 0.29) is 0 Å². The molecule has 19 heavy (non-hydrogen) atoms. The van der Waals surface area contributed by atoms with Gasteiger partial charge in [0, 0.05) is 19.5 Å². The van der Waals surface area contributed by atoms with E-state index in [2.05, 4.69) is 15.7 Å². The molecule has 0 aliphatic heterocycles. The third-order valence-electron chi connectivity index (χ3n) is 5.99. The van der Waals surface area contributed by atoms with Gasteiger partial charge in [-0.1, -0.05) is 0 Å². The molecule has 104 valence electrons. The highest BCUT2D eigenvalue weighted by atomic mass is 16.5. The molecule has 1 aromatic heterocycles. The van der Waals surface area contributed by atoms with Crippen molar-refractivity contribution in [1.82, 2.24) is 9.55 Å². The minimum absolute atomic E-state index is 0.370. The average Bonchev–Trinajstić information content (AvgIpc) is 2.87. The molecule has 4 fully saturated rings. The Bertz CT molecular complexity index is 404. The van der Waals surface area contributed by atoms with Crippen LogP contribution in [0.4, 0.5) is 0 Å². The first-order chi connectivity index (χ1) is 9.27. The monoisotopic (exact) mass is 260 g/mol. The van der Waals surface area contributed by atoms with E-state index in [1.54, 1.807) is 0 Å². The van der Waals surface area contributed by atoms with Crippen molar-refractivity contribution in [1.29, 1.82) is 0 Å². The normalized spacial score (nSPS) is 41.6. The molecule has 1 unspecified atom stereocenters. The van der Waals surface area contributed by atoms with Gasteiger partial charge in [0.15, 0.2) is 0 Å². The lowest BCUT2D eigenvalue weighted by Crippen LogP contribution is -2.53. The van der Waals surface area contributed by atoms with Crippen LogP contribution >= 0.6 is 0 Å². The van der Waals surface area contributed by atoms with Crippen LogP contribution < -0.4 is 0 Å². The second kappa shape index (κ2) is 4.34. The number of imidazole rings is 1. The number of ether oxygens (including phenoxy) is 1. The Hall–Kier alpha value is -0.830. The van der Waals surface area contributed by atoms with Crippen molar-refractivity contribution in [2.75, 3.05) is 7.11 Å². The predicted molar refractivity (Wildman–Crippen MR) is 73.6 cm³/mol. The van der Waals surface area contributed by atoms with Crippen molar-refractivity contribution in [3.05, 3.63) is 18.7 Å². The largest absolute Gasteiger partial charge is 0.379 e. The van der Waals surface area contributed by atoms with Gasteiger partial charge in [-0.2, -0.15) is 0 Å². The minimum atomic E-state index is 0.370. The second-order valence-electron chi connectivity index (χ2n) is 7.26. The van der Waals surface area contributed by atoms with E-state index in [0.29, 0.717) is 11.5 Å². The highest BCUT2D eigenvalue weighted by Gasteiger charge is 2.54. The smallest absolute Gasteiger partial charge is 0.0946 e. The van der Waals surface area contributed by atoms with Gasteiger partial charge in [-0.05, 0) is 61.7 Å². The summed E-state index contributed by atoms with van der Waals surface area (Å²) in [4.78, 5) is 4.16. The van der Waals surface area contributed by atoms with Crippen LogP contribution in [-0.4, -0.2) is 22.8 Å². The summed E-state index contributed by atoms with van der Waals surface area (Å²) in [7, 11) is 1.90. The number of hydrogen-bond acceptors (Lipinski definition) is 2. The topological polar surface area (TPSA) is 27.1 Å². The van der Waals surface area contributed by atoms with E-state index in [0.717, 1.165) is 24.3 Å². The van der Waals surface area contributed by atoms with Gasteiger partial charge in [0.25, 0.3) is 0 Å². The fourth-order valence-electron chi connectivity index (χ4n) is 5.68. The highest BCUT2D eigenvalue weighted by Crippen LogP contribution is 2.61. The Morgan fingerprint density at radius 3 is 2.32 bits per heavy atom. The van der Waals surface area contributed by atoms with Crippen molar-refractivity contribution in [2.24, 2.45) is 23.2 Å². The highest BCUT2D eigenvalue weighted by molar-refractivity contribution is 5.04. The maximum absolute atomic E-state index is 5.96. The number of aromatic nitrogens is 2. The van der Waals surface area contributed by atoms with Crippen LogP contribution in [-0.2, 0) is 11.3 Å². The number of methoxy groups -OCH3 is 1. The zero-order valence-corrected chi connectivity index (χ0v) is 11.8.